The molecule has 1 nitrogen and oxygen atoms in total. The van der Waals surface area contributed by atoms with Crippen molar-refractivity contribution in [3.8, 4) is 44.5 Å². The molecule has 0 aromatic heterocycles. The molecular formula is C65H45N. The third-order valence-corrected chi connectivity index (χ3v) is 15.8. The van der Waals surface area contributed by atoms with Crippen molar-refractivity contribution in [1.29, 1.82) is 0 Å². The largest absolute Gasteiger partial charge is 0.310 e. The molecule has 0 heterocycles. The maximum atomic E-state index is 2.46. The Hall–Kier alpha value is -8.00. The second-order valence-electron chi connectivity index (χ2n) is 19.1. The summed E-state index contributed by atoms with van der Waals surface area (Å²) in [4.78, 5) is 2.44. The van der Waals surface area contributed by atoms with E-state index in [0.717, 1.165) is 11.4 Å². The summed E-state index contributed by atoms with van der Waals surface area (Å²) in [5.74, 6) is 0. The van der Waals surface area contributed by atoms with Crippen LogP contribution in [0.4, 0.5) is 17.1 Å². The van der Waals surface area contributed by atoms with Gasteiger partial charge in [-0.25, -0.2) is 0 Å². The Kier molecular flexibility index (Phi) is 7.66. The van der Waals surface area contributed by atoms with Gasteiger partial charge in [0.2, 0.25) is 0 Å². The predicted octanol–water partition coefficient (Wildman–Crippen LogP) is 16.2. The molecule has 0 fully saturated rings. The summed E-state index contributed by atoms with van der Waals surface area (Å²) in [5.41, 5.74) is 26.3. The number of fused-ring (bicyclic) bond motifs is 19. The zero-order valence-electron chi connectivity index (χ0n) is 37.0. The van der Waals surface area contributed by atoms with E-state index < -0.39 is 10.8 Å². The van der Waals surface area contributed by atoms with E-state index in [4.69, 9.17) is 0 Å². The van der Waals surface area contributed by atoms with E-state index >= 15 is 0 Å². The molecule has 0 bridgehead atoms. The number of hydrogen-bond acceptors (Lipinski definition) is 1. The van der Waals surface area contributed by atoms with Crippen molar-refractivity contribution >= 4 is 17.1 Å². The van der Waals surface area contributed by atoms with Gasteiger partial charge in [-0.1, -0.05) is 214 Å². The Balaban J connectivity index is 0.937. The minimum atomic E-state index is -0.501. The van der Waals surface area contributed by atoms with Crippen LogP contribution in [0.5, 0.6) is 0 Å². The zero-order chi connectivity index (χ0) is 43.8. The van der Waals surface area contributed by atoms with Crippen LogP contribution in [0.25, 0.3) is 44.5 Å². The highest BCUT2D eigenvalue weighted by Gasteiger charge is 2.58. The van der Waals surface area contributed by atoms with E-state index in [1.807, 2.05) is 0 Å². The van der Waals surface area contributed by atoms with E-state index in [9.17, 15) is 0 Å². The van der Waals surface area contributed by atoms with Crippen LogP contribution in [0.15, 0.2) is 237 Å². The number of hydrogen-bond donors (Lipinski definition) is 0. The lowest BCUT2D eigenvalue weighted by Crippen LogP contribution is -2.43. The first-order valence-electron chi connectivity index (χ1n) is 23.3. The first kappa shape index (κ1) is 37.4. The fourth-order valence-corrected chi connectivity index (χ4v) is 13.2. The number of anilines is 3. The summed E-state index contributed by atoms with van der Waals surface area (Å²) in [5, 5.41) is 0. The summed E-state index contributed by atoms with van der Waals surface area (Å²) in [6.45, 7) is 4.71. The fourth-order valence-electron chi connectivity index (χ4n) is 13.2. The molecule has 4 aliphatic carbocycles. The lowest BCUT2D eigenvalue weighted by molar-refractivity contribution is 0.633. The van der Waals surface area contributed by atoms with Gasteiger partial charge in [-0.05, 0) is 131 Å². The molecule has 0 atom stereocenters. The molecule has 0 amide bonds. The van der Waals surface area contributed by atoms with Crippen LogP contribution >= 0.6 is 0 Å². The van der Waals surface area contributed by atoms with Crippen molar-refractivity contribution in [1.82, 2.24) is 0 Å². The smallest absolute Gasteiger partial charge is 0.0720 e. The van der Waals surface area contributed by atoms with E-state index in [0.29, 0.717) is 0 Å². The Morgan fingerprint density at radius 3 is 1.21 bits per heavy atom. The zero-order valence-corrected chi connectivity index (χ0v) is 37.0. The molecule has 10 aromatic rings. The highest BCUT2D eigenvalue weighted by Crippen LogP contribution is 2.67. The van der Waals surface area contributed by atoms with Crippen molar-refractivity contribution in [3.63, 3.8) is 0 Å². The monoisotopic (exact) mass is 839 g/mol. The van der Waals surface area contributed by atoms with Crippen molar-refractivity contribution in [2.45, 2.75) is 30.1 Å². The molecule has 4 aliphatic rings. The van der Waals surface area contributed by atoms with Gasteiger partial charge in [0.15, 0.2) is 0 Å². The van der Waals surface area contributed by atoms with E-state index in [1.54, 1.807) is 0 Å². The Bertz CT molecular complexity index is 3530. The summed E-state index contributed by atoms with van der Waals surface area (Å²) in [6.07, 6.45) is 0. The molecule has 0 saturated carbocycles. The van der Waals surface area contributed by atoms with Crippen molar-refractivity contribution in [2.24, 2.45) is 0 Å². The third kappa shape index (κ3) is 4.64. The first-order valence-corrected chi connectivity index (χ1v) is 23.3. The van der Waals surface area contributed by atoms with E-state index in [1.165, 1.54) is 106 Å². The lowest BCUT2D eigenvalue weighted by Gasteiger charge is -2.48. The molecule has 0 N–H and O–H groups in total. The average molecular weight is 840 g/mol. The SMILES string of the molecule is CC1(C)c2ccccc2-c2c(N(c3ccccc3)c3ccc(-c4ccc5c(c4)-c4ccccc4C54c5ccccc5C5(c6ccccc6-c6ccccc65)c5ccccc54)cc3)cccc21. The van der Waals surface area contributed by atoms with Crippen LogP contribution in [0.2, 0.25) is 0 Å². The molecule has 10 aromatic carbocycles. The van der Waals surface area contributed by atoms with Gasteiger partial charge < -0.3 is 4.90 Å². The molecule has 0 saturated heterocycles. The summed E-state index contributed by atoms with van der Waals surface area (Å²) in [6, 6.07) is 89.3. The van der Waals surface area contributed by atoms with Gasteiger partial charge in [0.1, 0.15) is 0 Å². The van der Waals surface area contributed by atoms with Crippen LogP contribution in [-0.2, 0) is 16.2 Å². The Labute approximate surface area is 387 Å². The maximum absolute atomic E-state index is 2.46. The highest BCUT2D eigenvalue weighted by molar-refractivity contribution is 5.97. The maximum Gasteiger partial charge on any atom is 0.0720 e. The highest BCUT2D eigenvalue weighted by atomic mass is 15.1. The van der Waals surface area contributed by atoms with Crippen LogP contribution in [0.3, 0.4) is 0 Å². The van der Waals surface area contributed by atoms with Crippen LogP contribution in [0, 0.1) is 0 Å². The second-order valence-corrected chi connectivity index (χ2v) is 19.1. The van der Waals surface area contributed by atoms with E-state index in [-0.39, 0.29) is 5.41 Å². The third-order valence-electron chi connectivity index (χ3n) is 15.8. The van der Waals surface area contributed by atoms with Gasteiger partial charge in [-0.2, -0.15) is 0 Å². The summed E-state index contributed by atoms with van der Waals surface area (Å²) < 4.78 is 0. The average Bonchev–Trinajstić information content (AvgIpc) is 3.93. The number of benzene rings is 10. The normalized spacial score (nSPS) is 15.2. The molecule has 0 aliphatic heterocycles. The molecule has 2 spiro atoms. The number of para-hydroxylation sites is 1. The molecule has 66 heavy (non-hydrogen) atoms. The van der Waals surface area contributed by atoms with Crippen molar-refractivity contribution in [2.75, 3.05) is 4.90 Å². The van der Waals surface area contributed by atoms with Crippen molar-refractivity contribution in [3.05, 3.63) is 292 Å². The van der Waals surface area contributed by atoms with Crippen LogP contribution in [-0.4, -0.2) is 0 Å². The Morgan fingerprint density at radius 1 is 0.273 bits per heavy atom. The minimum Gasteiger partial charge on any atom is -0.310 e. The summed E-state index contributed by atoms with van der Waals surface area (Å²) in [7, 11) is 0. The summed E-state index contributed by atoms with van der Waals surface area (Å²) >= 11 is 0. The molecular weight excluding hydrogens is 795 g/mol. The minimum absolute atomic E-state index is 0.0878. The first-order chi connectivity index (χ1) is 32.5. The standard InChI is InChI=1S/C65H45N/c1-63(2)51-25-10-9-24-49(51)62-60(63)33-18-34-61(62)66(44-19-4-3-5-20-44)45-38-35-42(36-39-45)43-37-40-55-50(41-43)48-23-8-13-28-54(48)65(55)58-31-16-14-29-56(58)64(57-30-15-17-32-59(57)65)52-26-11-6-21-46(52)47-22-7-12-27-53(47)64/h3-41H,1-2H3. The topological polar surface area (TPSA) is 3.24 Å². The van der Waals surface area contributed by atoms with Crippen molar-refractivity contribution < 1.29 is 0 Å². The molecule has 14 rings (SSSR count). The van der Waals surface area contributed by atoms with Gasteiger partial charge >= 0.3 is 0 Å². The van der Waals surface area contributed by atoms with Gasteiger partial charge in [0.25, 0.3) is 0 Å². The Morgan fingerprint density at radius 2 is 0.667 bits per heavy atom. The molecule has 0 unspecified atom stereocenters. The second kappa shape index (κ2) is 13.5. The number of nitrogens with zero attached hydrogens (tertiary/aromatic N) is 1. The quantitative estimate of drug-likeness (QED) is 0.171. The van der Waals surface area contributed by atoms with Gasteiger partial charge in [-0.15, -0.1) is 0 Å². The van der Waals surface area contributed by atoms with Crippen LogP contribution < -0.4 is 4.90 Å². The lowest BCUT2D eigenvalue weighted by atomic mass is 9.52. The fraction of sp³-hybridized carbons (Fsp3) is 0.0769. The van der Waals surface area contributed by atoms with E-state index in [2.05, 4.69) is 255 Å². The predicted molar refractivity (Wildman–Crippen MR) is 272 cm³/mol. The number of rotatable bonds is 4. The van der Waals surface area contributed by atoms with Gasteiger partial charge in [0.05, 0.1) is 16.5 Å². The van der Waals surface area contributed by atoms with Gasteiger partial charge in [0, 0.05) is 22.4 Å². The van der Waals surface area contributed by atoms with Crippen LogP contribution in [0.1, 0.15) is 69.5 Å². The van der Waals surface area contributed by atoms with Gasteiger partial charge in [-0.3, -0.25) is 0 Å². The molecule has 1 heteroatoms. The molecule has 310 valence electrons. The molecule has 0 radical (unpaired) electrons.